The molecule has 1 aliphatic heterocycles. The maximum Gasteiger partial charge on any atom is 0.264 e. The van der Waals surface area contributed by atoms with E-state index in [1.54, 1.807) is 24.4 Å². The van der Waals surface area contributed by atoms with E-state index in [-0.39, 0.29) is 17.6 Å². The Morgan fingerprint density at radius 1 is 1.35 bits per heavy atom. The van der Waals surface area contributed by atoms with Gasteiger partial charge in [0, 0.05) is 13.1 Å². The van der Waals surface area contributed by atoms with Crippen LogP contribution in [-0.2, 0) is 9.59 Å². The Kier molecular flexibility index (Phi) is 5.10. The molecule has 1 aromatic carbocycles. The maximum atomic E-state index is 12.2. The number of aromatic hydroxyl groups is 1. The summed E-state index contributed by atoms with van der Waals surface area (Å²) in [5, 5.41) is 16.0. The fourth-order valence-corrected chi connectivity index (χ4v) is 3.90. The topological polar surface area (TPSA) is 104 Å². The first-order valence-corrected chi connectivity index (χ1v) is 9.29. The molecule has 2 aromatic rings. The average molecular weight is 388 g/mol. The second-order valence-electron chi connectivity index (χ2n) is 5.58. The number of hydrogen-bond donors (Lipinski definition) is 3. The maximum absolute atomic E-state index is 12.2. The number of carbonyl (C=O) groups is 2. The van der Waals surface area contributed by atoms with Gasteiger partial charge in [0.15, 0.2) is 10.3 Å². The number of nitrogens with zero attached hydrogens (tertiary/aromatic N) is 2. The molecular formula is C17H16N4O3S2. The summed E-state index contributed by atoms with van der Waals surface area (Å²) in [5.41, 5.74) is 2.30. The molecule has 2 amide bonds. The number of anilines is 1. The molecule has 3 N–H and O–H groups in total. The highest BCUT2D eigenvalue weighted by atomic mass is 32.2. The van der Waals surface area contributed by atoms with Crippen LogP contribution in [0.15, 0.2) is 28.2 Å². The number of aromatic nitrogens is 1. The number of thioether (sulfide) groups is 1. The predicted octanol–water partition coefficient (Wildman–Crippen LogP) is 3.32. The number of aliphatic imine (C=N–C) groups is 1. The normalized spacial score (nSPS) is 17.0. The minimum absolute atomic E-state index is 0.194. The summed E-state index contributed by atoms with van der Waals surface area (Å²) in [6, 6.07) is 3.29. The van der Waals surface area contributed by atoms with Crippen LogP contribution in [-0.4, -0.2) is 27.1 Å². The largest absolute Gasteiger partial charge is 0.508 e. The van der Waals surface area contributed by atoms with Gasteiger partial charge in [-0.05, 0) is 54.9 Å². The zero-order valence-electron chi connectivity index (χ0n) is 14.3. The summed E-state index contributed by atoms with van der Waals surface area (Å²) in [7, 11) is 0. The van der Waals surface area contributed by atoms with Gasteiger partial charge in [0.1, 0.15) is 5.75 Å². The third-order valence-electron chi connectivity index (χ3n) is 3.68. The number of thiazole rings is 1. The van der Waals surface area contributed by atoms with Crippen LogP contribution in [0.2, 0.25) is 0 Å². The van der Waals surface area contributed by atoms with Crippen molar-refractivity contribution in [3.8, 4) is 5.75 Å². The zero-order valence-corrected chi connectivity index (χ0v) is 15.9. The molecule has 1 aliphatic rings. The molecule has 9 heteroatoms. The molecule has 1 fully saturated rings. The fourth-order valence-electron chi connectivity index (χ4n) is 2.19. The standard InChI is InChI=1S/C17H16N4O3S2/c1-8-9(2)13(23)5-4-12(8)20-17-21-15(24)14(26-17)6-11-7-18-16(25-11)19-10(3)22/h4-7,23H,1-3H3,(H,18,19,22)(H,20,21,24). The van der Waals surface area contributed by atoms with Crippen LogP contribution in [0, 0.1) is 13.8 Å². The predicted molar refractivity (Wildman–Crippen MR) is 105 cm³/mol. The van der Waals surface area contributed by atoms with E-state index in [0.717, 1.165) is 16.0 Å². The quantitative estimate of drug-likeness (QED) is 0.700. The SMILES string of the molecule is CC(=O)Nc1ncc(C=C2SC(=Nc3ccc(O)c(C)c3C)NC2=O)s1. The molecule has 0 unspecified atom stereocenters. The molecule has 0 atom stereocenters. The number of carbonyl (C=O) groups excluding carboxylic acids is 2. The third-order valence-corrected chi connectivity index (χ3v) is 5.45. The zero-order chi connectivity index (χ0) is 18.8. The molecular weight excluding hydrogens is 372 g/mol. The molecule has 134 valence electrons. The smallest absolute Gasteiger partial charge is 0.264 e. The number of hydrogen-bond acceptors (Lipinski definition) is 7. The van der Waals surface area contributed by atoms with Gasteiger partial charge < -0.3 is 15.7 Å². The van der Waals surface area contributed by atoms with E-state index < -0.39 is 0 Å². The molecule has 7 nitrogen and oxygen atoms in total. The Bertz CT molecular complexity index is 963. The van der Waals surface area contributed by atoms with Gasteiger partial charge in [-0.3, -0.25) is 9.59 Å². The Hall–Kier alpha value is -2.65. The number of nitrogens with one attached hydrogen (secondary N) is 2. The highest BCUT2D eigenvalue weighted by molar-refractivity contribution is 8.18. The van der Waals surface area contributed by atoms with Crippen LogP contribution in [0.25, 0.3) is 6.08 Å². The summed E-state index contributed by atoms with van der Waals surface area (Å²) in [5.74, 6) is -0.216. The van der Waals surface area contributed by atoms with E-state index in [2.05, 4.69) is 20.6 Å². The second-order valence-corrected chi connectivity index (χ2v) is 7.68. The van der Waals surface area contributed by atoms with E-state index in [1.807, 2.05) is 13.8 Å². The molecule has 0 bridgehead atoms. The van der Waals surface area contributed by atoms with E-state index >= 15 is 0 Å². The van der Waals surface area contributed by atoms with Crippen molar-refractivity contribution in [1.82, 2.24) is 10.3 Å². The third kappa shape index (κ3) is 3.94. The molecule has 0 radical (unpaired) electrons. The summed E-state index contributed by atoms with van der Waals surface area (Å²) >= 11 is 2.51. The van der Waals surface area contributed by atoms with Gasteiger partial charge in [0.05, 0.1) is 15.5 Å². The molecule has 26 heavy (non-hydrogen) atoms. The van der Waals surface area contributed by atoms with Crippen LogP contribution in [0.1, 0.15) is 22.9 Å². The van der Waals surface area contributed by atoms with Crippen LogP contribution >= 0.6 is 23.1 Å². The Morgan fingerprint density at radius 3 is 2.85 bits per heavy atom. The Balaban J connectivity index is 1.81. The lowest BCUT2D eigenvalue weighted by Gasteiger charge is -2.06. The van der Waals surface area contributed by atoms with Crippen molar-refractivity contribution in [2.24, 2.45) is 4.99 Å². The lowest BCUT2D eigenvalue weighted by Crippen LogP contribution is -2.19. The van der Waals surface area contributed by atoms with Crippen LogP contribution in [0.4, 0.5) is 10.8 Å². The first kappa shape index (κ1) is 18.2. The Morgan fingerprint density at radius 2 is 2.12 bits per heavy atom. The van der Waals surface area contributed by atoms with Gasteiger partial charge >= 0.3 is 0 Å². The van der Waals surface area contributed by atoms with Crippen LogP contribution < -0.4 is 10.6 Å². The lowest BCUT2D eigenvalue weighted by atomic mass is 10.1. The van der Waals surface area contributed by atoms with Crippen molar-refractivity contribution < 1.29 is 14.7 Å². The average Bonchev–Trinajstić information content (AvgIpc) is 3.14. The van der Waals surface area contributed by atoms with E-state index in [4.69, 9.17) is 0 Å². The van der Waals surface area contributed by atoms with Gasteiger partial charge in [0.2, 0.25) is 5.91 Å². The molecule has 1 aromatic heterocycles. The highest BCUT2D eigenvalue weighted by Crippen LogP contribution is 2.33. The van der Waals surface area contributed by atoms with E-state index in [9.17, 15) is 14.7 Å². The second kappa shape index (κ2) is 7.30. The van der Waals surface area contributed by atoms with Crippen LogP contribution in [0.5, 0.6) is 5.75 Å². The van der Waals surface area contributed by atoms with Gasteiger partial charge in [0.25, 0.3) is 5.91 Å². The van der Waals surface area contributed by atoms with Crippen molar-refractivity contribution >= 4 is 57.0 Å². The first-order chi connectivity index (χ1) is 12.3. The highest BCUT2D eigenvalue weighted by Gasteiger charge is 2.24. The molecule has 1 saturated heterocycles. The van der Waals surface area contributed by atoms with Crippen molar-refractivity contribution in [2.75, 3.05) is 5.32 Å². The van der Waals surface area contributed by atoms with Gasteiger partial charge in [-0.15, -0.1) is 0 Å². The van der Waals surface area contributed by atoms with Gasteiger partial charge in [-0.1, -0.05) is 11.3 Å². The van der Waals surface area contributed by atoms with E-state index in [1.165, 1.54) is 30.0 Å². The molecule has 0 aliphatic carbocycles. The van der Waals surface area contributed by atoms with Gasteiger partial charge in [-0.2, -0.15) is 0 Å². The summed E-state index contributed by atoms with van der Waals surface area (Å²) in [6.45, 7) is 5.10. The molecule has 2 heterocycles. The Labute approximate surface area is 158 Å². The van der Waals surface area contributed by atoms with Crippen LogP contribution in [0.3, 0.4) is 0 Å². The number of phenols is 1. The minimum atomic E-state index is -0.239. The van der Waals surface area contributed by atoms with Crippen molar-refractivity contribution in [3.63, 3.8) is 0 Å². The number of benzene rings is 1. The molecule has 0 spiro atoms. The fraction of sp³-hybridized carbons (Fsp3) is 0.176. The lowest BCUT2D eigenvalue weighted by molar-refractivity contribution is -0.115. The number of rotatable bonds is 3. The summed E-state index contributed by atoms with van der Waals surface area (Å²) in [6.07, 6.45) is 3.31. The van der Waals surface area contributed by atoms with Crippen molar-refractivity contribution in [2.45, 2.75) is 20.8 Å². The number of amides is 2. The van der Waals surface area contributed by atoms with Crippen molar-refractivity contribution in [3.05, 3.63) is 39.2 Å². The van der Waals surface area contributed by atoms with E-state index in [0.29, 0.717) is 20.9 Å². The molecule has 0 saturated carbocycles. The van der Waals surface area contributed by atoms with Crippen molar-refractivity contribution in [1.29, 1.82) is 0 Å². The first-order valence-electron chi connectivity index (χ1n) is 7.65. The summed E-state index contributed by atoms with van der Waals surface area (Å²) in [4.78, 5) is 33.0. The molecule has 3 rings (SSSR count). The number of amidine groups is 1. The minimum Gasteiger partial charge on any atom is -0.508 e. The van der Waals surface area contributed by atoms with Gasteiger partial charge in [-0.25, -0.2) is 9.98 Å². The summed E-state index contributed by atoms with van der Waals surface area (Å²) < 4.78 is 0. The monoisotopic (exact) mass is 388 g/mol. The number of phenolic OH excluding ortho intramolecular Hbond substituents is 1.